The summed E-state index contributed by atoms with van der Waals surface area (Å²) in [6, 6.07) is 0.217. The van der Waals surface area contributed by atoms with Gasteiger partial charge in [0.25, 0.3) is 0 Å². The monoisotopic (exact) mass is 195 g/mol. The molecule has 0 aliphatic heterocycles. The molecule has 14 heavy (non-hydrogen) atoms. The van der Waals surface area contributed by atoms with E-state index in [-0.39, 0.29) is 12.6 Å². The second-order valence-electron chi connectivity index (χ2n) is 3.50. The lowest BCUT2D eigenvalue weighted by molar-refractivity contribution is 0.282. The molecule has 1 unspecified atom stereocenters. The molecule has 0 amide bonds. The van der Waals surface area contributed by atoms with Crippen molar-refractivity contribution in [3.63, 3.8) is 0 Å². The number of aliphatic hydroxyl groups excluding tert-OH is 1. The molecule has 0 radical (unpaired) electrons. The molecule has 0 aromatic carbocycles. The third-order valence-electron chi connectivity index (χ3n) is 2.02. The van der Waals surface area contributed by atoms with Crippen LogP contribution in [0.2, 0.25) is 0 Å². The zero-order valence-electron chi connectivity index (χ0n) is 8.91. The number of anilines is 1. The lowest BCUT2D eigenvalue weighted by atomic mass is 10.2. The zero-order chi connectivity index (χ0) is 10.6. The molecule has 4 heteroatoms. The van der Waals surface area contributed by atoms with Gasteiger partial charge in [-0.3, -0.25) is 4.98 Å². The molecule has 1 atom stereocenters. The van der Waals surface area contributed by atoms with Crippen LogP contribution in [-0.4, -0.2) is 27.7 Å². The van der Waals surface area contributed by atoms with E-state index < -0.39 is 0 Å². The highest BCUT2D eigenvalue weighted by Gasteiger charge is 2.05. The van der Waals surface area contributed by atoms with Crippen LogP contribution < -0.4 is 5.32 Å². The van der Waals surface area contributed by atoms with Gasteiger partial charge in [0.1, 0.15) is 5.82 Å². The summed E-state index contributed by atoms with van der Waals surface area (Å²) in [5.41, 5.74) is 1.79. The van der Waals surface area contributed by atoms with E-state index in [1.807, 2.05) is 20.8 Å². The van der Waals surface area contributed by atoms with Crippen LogP contribution in [0.5, 0.6) is 0 Å². The number of nitrogens with zero attached hydrogens (tertiary/aromatic N) is 2. The highest BCUT2D eigenvalue weighted by atomic mass is 16.3. The molecular weight excluding hydrogens is 178 g/mol. The molecule has 0 saturated heterocycles. The van der Waals surface area contributed by atoms with Crippen LogP contribution in [0.3, 0.4) is 0 Å². The van der Waals surface area contributed by atoms with E-state index in [0.29, 0.717) is 0 Å². The fourth-order valence-electron chi connectivity index (χ4n) is 1.17. The summed E-state index contributed by atoms with van der Waals surface area (Å²) in [7, 11) is 0. The zero-order valence-corrected chi connectivity index (χ0v) is 8.91. The van der Waals surface area contributed by atoms with Crippen LogP contribution >= 0.6 is 0 Å². The van der Waals surface area contributed by atoms with Crippen molar-refractivity contribution in [2.75, 3.05) is 11.9 Å². The van der Waals surface area contributed by atoms with Crippen LogP contribution in [0, 0.1) is 13.8 Å². The quantitative estimate of drug-likeness (QED) is 0.759. The van der Waals surface area contributed by atoms with Gasteiger partial charge in [-0.2, -0.15) is 0 Å². The van der Waals surface area contributed by atoms with E-state index in [1.165, 1.54) is 0 Å². The third-order valence-corrected chi connectivity index (χ3v) is 2.02. The minimum absolute atomic E-state index is 0.187. The molecule has 2 N–H and O–H groups in total. The van der Waals surface area contributed by atoms with E-state index in [9.17, 15) is 0 Å². The first kappa shape index (κ1) is 10.9. The standard InChI is InChI=1S/C10H17N3O/c1-7(4-5-14)12-10-9(3)11-6-8(2)13-10/h6-7,14H,4-5H2,1-3H3,(H,12,13). The Labute approximate surface area is 84.4 Å². The van der Waals surface area contributed by atoms with E-state index in [2.05, 4.69) is 15.3 Å². The predicted molar refractivity (Wildman–Crippen MR) is 56.3 cm³/mol. The van der Waals surface area contributed by atoms with Crippen LogP contribution in [0.25, 0.3) is 0 Å². The van der Waals surface area contributed by atoms with Gasteiger partial charge in [-0.15, -0.1) is 0 Å². The average Bonchev–Trinajstić information content (AvgIpc) is 2.12. The molecule has 0 saturated carbocycles. The maximum absolute atomic E-state index is 8.76. The SMILES string of the molecule is Cc1cnc(C)c(NC(C)CCO)n1. The summed E-state index contributed by atoms with van der Waals surface area (Å²) >= 11 is 0. The third kappa shape index (κ3) is 2.96. The number of hydrogen-bond acceptors (Lipinski definition) is 4. The Morgan fingerprint density at radius 2 is 2.21 bits per heavy atom. The van der Waals surface area contributed by atoms with Crippen LogP contribution in [0.1, 0.15) is 24.7 Å². The number of aromatic nitrogens is 2. The second-order valence-corrected chi connectivity index (χ2v) is 3.50. The number of hydrogen-bond donors (Lipinski definition) is 2. The molecule has 78 valence electrons. The van der Waals surface area contributed by atoms with Crippen molar-refractivity contribution in [3.8, 4) is 0 Å². The van der Waals surface area contributed by atoms with Gasteiger partial charge < -0.3 is 10.4 Å². The molecule has 0 fully saturated rings. The fourth-order valence-corrected chi connectivity index (χ4v) is 1.17. The van der Waals surface area contributed by atoms with Gasteiger partial charge >= 0.3 is 0 Å². The summed E-state index contributed by atoms with van der Waals surface area (Å²) in [4.78, 5) is 8.54. The molecule has 1 heterocycles. The minimum Gasteiger partial charge on any atom is -0.396 e. The molecule has 0 spiro atoms. The first-order chi connectivity index (χ1) is 6.63. The molecule has 0 aliphatic rings. The van der Waals surface area contributed by atoms with Crippen molar-refractivity contribution < 1.29 is 5.11 Å². The first-order valence-electron chi connectivity index (χ1n) is 4.81. The van der Waals surface area contributed by atoms with Crippen LogP contribution in [-0.2, 0) is 0 Å². The Morgan fingerprint density at radius 1 is 1.50 bits per heavy atom. The van der Waals surface area contributed by atoms with Gasteiger partial charge in [0.15, 0.2) is 0 Å². The number of nitrogens with one attached hydrogen (secondary N) is 1. The second kappa shape index (κ2) is 4.91. The van der Waals surface area contributed by atoms with Gasteiger partial charge in [0.05, 0.1) is 11.4 Å². The van der Waals surface area contributed by atoms with Crippen molar-refractivity contribution in [1.82, 2.24) is 9.97 Å². The van der Waals surface area contributed by atoms with E-state index in [0.717, 1.165) is 23.6 Å². The summed E-state index contributed by atoms with van der Waals surface area (Å²) in [6.45, 7) is 6.03. The normalized spacial score (nSPS) is 12.6. The Balaban J connectivity index is 2.70. The van der Waals surface area contributed by atoms with Crippen molar-refractivity contribution in [1.29, 1.82) is 0 Å². The molecule has 1 rings (SSSR count). The highest BCUT2D eigenvalue weighted by Crippen LogP contribution is 2.10. The van der Waals surface area contributed by atoms with Gasteiger partial charge in [-0.25, -0.2) is 4.98 Å². The summed E-state index contributed by atoms with van der Waals surface area (Å²) in [6.07, 6.45) is 2.46. The Kier molecular flexibility index (Phi) is 3.83. The van der Waals surface area contributed by atoms with Crippen LogP contribution in [0.4, 0.5) is 5.82 Å². The molecule has 0 bridgehead atoms. The lowest BCUT2D eigenvalue weighted by Gasteiger charge is -2.14. The maximum atomic E-state index is 8.76. The molecule has 1 aromatic rings. The summed E-state index contributed by atoms with van der Waals surface area (Å²) < 4.78 is 0. The highest BCUT2D eigenvalue weighted by molar-refractivity contribution is 5.40. The van der Waals surface area contributed by atoms with Gasteiger partial charge in [0, 0.05) is 18.8 Å². The molecule has 1 aromatic heterocycles. The van der Waals surface area contributed by atoms with E-state index >= 15 is 0 Å². The first-order valence-corrected chi connectivity index (χ1v) is 4.81. The largest absolute Gasteiger partial charge is 0.396 e. The van der Waals surface area contributed by atoms with Crippen molar-refractivity contribution >= 4 is 5.82 Å². The molecule has 4 nitrogen and oxygen atoms in total. The number of aliphatic hydroxyl groups is 1. The lowest BCUT2D eigenvalue weighted by Crippen LogP contribution is -2.18. The average molecular weight is 195 g/mol. The fraction of sp³-hybridized carbons (Fsp3) is 0.600. The smallest absolute Gasteiger partial charge is 0.147 e. The van der Waals surface area contributed by atoms with Gasteiger partial charge in [-0.1, -0.05) is 0 Å². The topological polar surface area (TPSA) is 58.0 Å². The van der Waals surface area contributed by atoms with E-state index in [1.54, 1.807) is 6.20 Å². The number of aryl methyl sites for hydroxylation is 2. The Morgan fingerprint density at radius 3 is 2.86 bits per heavy atom. The summed E-state index contributed by atoms with van der Waals surface area (Å²) in [5, 5.41) is 12.0. The maximum Gasteiger partial charge on any atom is 0.147 e. The Bertz CT molecular complexity index is 301. The van der Waals surface area contributed by atoms with Crippen molar-refractivity contribution in [2.45, 2.75) is 33.2 Å². The van der Waals surface area contributed by atoms with Crippen LogP contribution in [0.15, 0.2) is 6.20 Å². The van der Waals surface area contributed by atoms with Crippen molar-refractivity contribution in [3.05, 3.63) is 17.6 Å². The van der Waals surface area contributed by atoms with E-state index in [4.69, 9.17) is 5.11 Å². The molecular formula is C10H17N3O. The van der Waals surface area contributed by atoms with Crippen molar-refractivity contribution in [2.24, 2.45) is 0 Å². The van der Waals surface area contributed by atoms with Gasteiger partial charge in [-0.05, 0) is 27.2 Å². The van der Waals surface area contributed by atoms with Gasteiger partial charge in [0.2, 0.25) is 0 Å². The molecule has 0 aliphatic carbocycles. The predicted octanol–water partition coefficient (Wildman–Crippen LogP) is 1.28. The Hall–Kier alpha value is -1.16. The number of rotatable bonds is 4. The minimum atomic E-state index is 0.187. The summed E-state index contributed by atoms with van der Waals surface area (Å²) in [5.74, 6) is 0.811.